The second-order valence-corrected chi connectivity index (χ2v) is 6.17. The van der Waals surface area contributed by atoms with E-state index in [0.717, 1.165) is 19.5 Å². The molecule has 2 amide bonds. The Morgan fingerprint density at radius 1 is 1.00 bits per heavy atom. The predicted molar refractivity (Wildman–Crippen MR) is 92.5 cm³/mol. The van der Waals surface area contributed by atoms with Crippen molar-refractivity contribution in [1.29, 1.82) is 0 Å². The number of halogens is 1. The predicted octanol–water partition coefficient (Wildman–Crippen LogP) is 2.16. The highest BCUT2D eigenvalue weighted by atomic mass is 35.5. The third-order valence-corrected chi connectivity index (χ3v) is 4.25. The maximum absolute atomic E-state index is 12.0. The van der Waals surface area contributed by atoms with E-state index >= 15 is 0 Å². The largest absolute Gasteiger partial charge is 0.290 e. The highest BCUT2D eigenvalue weighted by Crippen LogP contribution is 2.17. The SMILES string of the molecule is O=C(CN1CCc2ccccc2C1)NNC(=O)c1ccc(Cl)cc1. The van der Waals surface area contributed by atoms with Gasteiger partial charge in [-0.1, -0.05) is 35.9 Å². The fraction of sp³-hybridized carbons (Fsp3) is 0.222. The summed E-state index contributed by atoms with van der Waals surface area (Å²) in [6, 6.07) is 14.7. The van der Waals surface area contributed by atoms with E-state index in [1.807, 2.05) is 12.1 Å². The lowest BCUT2D eigenvalue weighted by Gasteiger charge is -2.28. The lowest BCUT2D eigenvalue weighted by molar-refractivity contribution is -0.123. The van der Waals surface area contributed by atoms with Gasteiger partial charge in [0.05, 0.1) is 6.54 Å². The fourth-order valence-electron chi connectivity index (χ4n) is 2.73. The molecule has 2 N–H and O–H groups in total. The molecule has 0 aromatic heterocycles. The summed E-state index contributed by atoms with van der Waals surface area (Å²) in [4.78, 5) is 26.0. The number of hydrogen-bond donors (Lipinski definition) is 2. The van der Waals surface area contributed by atoms with Gasteiger partial charge in [0, 0.05) is 23.7 Å². The second-order valence-electron chi connectivity index (χ2n) is 5.74. The molecule has 1 aliphatic heterocycles. The molecule has 0 radical (unpaired) electrons. The number of hydrogen-bond acceptors (Lipinski definition) is 3. The van der Waals surface area contributed by atoms with E-state index in [9.17, 15) is 9.59 Å². The molecule has 5 nitrogen and oxygen atoms in total. The Morgan fingerprint density at radius 2 is 1.71 bits per heavy atom. The zero-order valence-corrected chi connectivity index (χ0v) is 13.8. The summed E-state index contributed by atoms with van der Waals surface area (Å²) in [6.45, 7) is 1.82. The average molecular weight is 344 g/mol. The van der Waals surface area contributed by atoms with Crippen LogP contribution in [0.3, 0.4) is 0 Å². The first-order valence-electron chi connectivity index (χ1n) is 7.76. The highest BCUT2D eigenvalue weighted by molar-refractivity contribution is 6.30. The molecule has 0 saturated carbocycles. The molecule has 6 heteroatoms. The number of rotatable bonds is 3. The van der Waals surface area contributed by atoms with E-state index in [4.69, 9.17) is 11.6 Å². The van der Waals surface area contributed by atoms with Gasteiger partial charge < -0.3 is 0 Å². The molecule has 1 aliphatic rings. The molecule has 0 bridgehead atoms. The summed E-state index contributed by atoms with van der Waals surface area (Å²) in [6.07, 6.45) is 0.931. The summed E-state index contributed by atoms with van der Waals surface area (Å²) in [7, 11) is 0. The van der Waals surface area contributed by atoms with Crippen LogP contribution in [0, 0.1) is 0 Å². The normalized spacial score (nSPS) is 13.9. The standard InChI is InChI=1S/C18H18ClN3O2/c19-16-7-5-14(6-8-16)18(24)21-20-17(23)12-22-10-9-13-3-1-2-4-15(13)11-22/h1-8H,9-12H2,(H,20,23)(H,21,24). The topological polar surface area (TPSA) is 61.4 Å². The Bertz CT molecular complexity index is 746. The van der Waals surface area contributed by atoms with Crippen molar-refractivity contribution in [3.05, 3.63) is 70.2 Å². The van der Waals surface area contributed by atoms with Crippen molar-refractivity contribution in [2.24, 2.45) is 0 Å². The van der Waals surface area contributed by atoms with Gasteiger partial charge in [-0.05, 0) is 41.8 Å². The van der Waals surface area contributed by atoms with Crippen LogP contribution >= 0.6 is 11.6 Å². The second kappa shape index (κ2) is 7.47. The van der Waals surface area contributed by atoms with E-state index in [0.29, 0.717) is 10.6 Å². The molecule has 3 rings (SSSR count). The van der Waals surface area contributed by atoms with Crippen LogP contribution in [0.1, 0.15) is 21.5 Å². The molecular weight excluding hydrogens is 326 g/mol. The minimum Gasteiger partial charge on any atom is -0.290 e. The third kappa shape index (κ3) is 4.13. The maximum atomic E-state index is 12.0. The number of amides is 2. The molecule has 0 atom stereocenters. The molecule has 0 saturated heterocycles. The van der Waals surface area contributed by atoms with Gasteiger partial charge in [-0.15, -0.1) is 0 Å². The maximum Gasteiger partial charge on any atom is 0.269 e. The molecular formula is C18H18ClN3O2. The van der Waals surface area contributed by atoms with Crippen LogP contribution in [0.25, 0.3) is 0 Å². The Morgan fingerprint density at radius 3 is 2.46 bits per heavy atom. The van der Waals surface area contributed by atoms with Crippen molar-refractivity contribution >= 4 is 23.4 Å². The lowest BCUT2D eigenvalue weighted by Crippen LogP contribution is -2.47. The Balaban J connectivity index is 1.48. The molecule has 1 heterocycles. The Kier molecular flexibility index (Phi) is 5.13. The zero-order chi connectivity index (χ0) is 16.9. The molecule has 124 valence electrons. The van der Waals surface area contributed by atoms with Gasteiger partial charge in [0.1, 0.15) is 0 Å². The highest BCUT2D eigenvalue weighted by Gasteiger charge is 2.18. The number of benzene rings is 2. The monoisotopic (exact) mass is 343 g/mol. The zero-order valence-electron chi connectivity index (χ0n) is 13.1. The van der Waals surface area contributed by atoms with Crippen LogP contribution < -0.4 is 10.9 Å². The van der Waals surface area contributed by atoms with Gasteiger partial charge in [0.2, 0.25) is 0 Å². The van der Waals surface area contributed by atoms with Crippen molar-refractivity contribution in [3.63, 3.8) is 0 Å². The van der Waals surface area contributed by atoms with Gasteiger partial charge in [-0.2, -0.15) is 0 Å². The van der Waals surface area contributed by atoms with E-state index < -0.39 is 0 Å². The Labute approximate surface area is 145 Å². The van der Waals surface area contributed by atoms with Gasteiger partial charge in [-0.3, -0.25) is 25.3 Å². The van der Waals surface area contributed by atoms with E-state index in [-0.39, 0.29) is 18.4 Å². The lowest BCUT2D eigenvalue weighted by atomic mass is 10.00. The average Bonchev–Trinajstić information content (AvgIpc) is 2.60. The Hall–Kier alpha value is -2.37. The van der Waals surface area contributed by atoms with Gasteiger partial charge in [-0.25, -0.2) is 0 Å². The van der Waals surface area contributed by atoms with Crippen LogP contribution in [-0.4, -0.2) is 29.8 Å². The minimum atomic E-state index is -0.371. The number of carbonyl (C=O) groups is 2. The molecule has 0 fully saturated rings. The van der Waals surface area contributed by atoms with Crippen molar-refractivity contribution in [3.8, 4) is 0 Å². The minimum absolute atomic E-state index is 0.239. The summed E-state index contributed by atoms with van der Waals surface area (Å²) < 4.78 is 0. The van der Waals surface area contributed by atoms with E-state index in [1.165, 1.54) is 11.1 Å². The molecule has 0 aliphatic carbocycles. The summed E-state index contributed by atoms with van der Waals surface area (Å²) in [5.41, 5.74) is 7.90. The van der Waals surface area contributed by atoms with Crippen molar-refractivity contribution in [1.82, 2.24) is 15.8 Å². The first-order chi connectivity index (χ1) is 11.6. The summed E-state index contributed by atoms with van der Waals surface area (Å²) in [5.74, 6) is -0.610. The first-order valence-corrected chi connectivity index (χ1v) is 8.13. The third-order valence-electron chi connectivity index (χ3n) is 4.00. The van der Waals surface area contributed by atoms with Gasteiger partial charge in [0.25, 0.3) is 11.8 Å². The van der Waals surface area contributed by atoms with Crippen LogP contribution in [0.5, 0.6) is 0 Å². The molecule has 0 unspecified atom stereocenters. The molecule has 24 heavy (non-hydrogen) atoms. The number of carbonyl (C=O) groups excluding carboxylic acids is 2. The van der Waals surface area contributed by atoms with Crippen molar-refractivity contribution < 1.29 is 9.59 Å². The molecule has 2 aromatic rings. The van der Waals surface area contributed by atoms with E-state index in [2.05, 4.69) is 27.9 Å². The number of fused-ring (bicyclic) bond motifs is 1. The number of hydrazine groups is 1. The van der Waals surface area contributed by atoms with Crippen LogP contribution in [-0.2, 0) is 17.8 Å². The van der Waals surface area contributed by atoms with Gasteiger partial charge in [0.15, 0.2) is 0 Å². The number of nitrogens with one attached hydrogen (secondary N) is 2. The fourth-order valence-corrected chi connectivity index (χ4v) is 2.86. The van der Waals surface area contributed by atoms with Crippen molar-refractivity contribution in [2.45, 2.75) is 13.0 Å². The smallest absolute Gasteiger partial charge is 0.269 e. The van der Waals surface area contributed by atoms with E-state index in [1.54, 1.807) is 24.3 Å². The van der Waals surface area contributed by atoms with Crippen LogP contribution in [0.2, 0.25) is 5.02 Å². The van der Waals surface area contributed by atoms with Gasteiger partial charge >= 0.3 is 0 Å². The summed E-state index contributed by atoms with van der Waals surface area (Å²) >= 11 is 5.78. The number of nitrogens with zero attached hydrogens (tertiary/aromatic N) is 1. The van der Waals surface area contributed by atoms with Crippen LogP contribution in [0.4, 0.5) is 0 Å². The molecule has 0 spiro atoms. The van der Waals surface area contributed by atoms with Crippen LogP contribution in [0.15, 0.2) is 48.5 Å². The first kappa shape index (κ1) is 16.5. The summed E-state index contributed by atoms with van der Waals surface area (Å²) in [5, 5.41) is 0.556. The quantitative estimate of drug-likeness (QED) is 0.840. The van der Waals surface area contributed by atoms with Crippen molar-refractivity contribution in [2.75, 3.05) is 13.1 Å². The molecule has 2 aromatic carbocycles.